The van der Waals surface area contributed by atoms with Crippen molar-refractivity contribution in [2.75, 3.05) is 7.11 Å². The molecule has 0 radical (unpaired) electrons. The fourth-order valence-electron chi connectivity index (χ4n) is 2.17. The molecule has 0 aliphatic heterocycles. The van der Waals surface area contributed by atoms with Crippen LogP contribution in [0.4, 0.5) is 0 Å². The number of benzene rings is 2. The van der Waals surface area contributed by atoms with Crippen LogP contribution in [0.15, 0.2) is 24.3 Å². The van der Waals surface area contributed by atoms with Crippen LogP contribution in [0.1, 0.15) is 11.1 Å². The molecule has 96 valence electrons. The summed E-state index contributed by atoms with van der Waals surface area (Å²) < 4.78 is 5.32. The van der Waals surface area contributed by atoms with Gasteiger partial charge in [-0.25, -0.2) is 9.97 Å². The summed E-state index contributed by atoms with van der Waals surface area (Å²) in [5.41, 5.74) is 5.63. The third-order valence-electron chi connectivity index (χ3n) is 3.38. The van der Waals surface area contributed by atoms with E-state index in [1.165, 1.54) is 5.56 Å². The number of hydrogen-bond donors (Lipinski definition) is 0. The van der Waals surface area contributed by atoms with E-state index < -0.39 is 0 Å². The average Bonchev–Trinajstić information content (AvgIpc) is 2.41. The zero-order chi connectivity index (χ0) is 13.6. The van der Waals surface area contributed by atoms with Crippen molar-refractivity contribution in [3.63, 3.8) is 0 Å². The van der Waals surface area contributed by atoms with E-state index in [1.807, 2.05) is 12.1 Å². The van der Waals surface area contributed by atoms with Crippen LogP contribution in [0.3, 0.4) is 0 Å². The van der Waals surface area contributed by atoms with Crippen molar-refractivity contribution in [2.45, 2.75) is 13.8 Å². The third kappa shape index (κ3) is 1.90. The molecule has 3 aromatic rings. The van der Waals surface area contributed by atoms with Crippen LogP contribution in [-0.2, 0) is 0 Å². The van der Waals surface area contributed by atoms with Gasteiger partial charge in [-0.15, -0.1) is 0 Å². The van der Waals surface area contributed by atoms with Crippen molar-refractivity contribution in [3.05, 3.63) is 40.4 Å². The van der Waals surface area contributed by atoms with Crippen molar-refractivity contribution in [1.82, 2.24) is 9.97 Å². The molecular formula is C15H13ClN2O. The molecule has 0 N–H and O–H groups in total. The lowest BCUT2D eigenvalue weighted by molar-refractivity contribution is 0.419. The number of hydrogen-bond acceptors (Lipinski definition) is 3. The molecule has 1 heterocycles. The van der Waals surface area contributed by atoms with Gasteiger partial charge in [-0.3, -0.25) is 0 Å². The molecule has 3 rings (SSSR count). The lowest BCUT2D eigenvalue weighted by Crippen LogP contribution is -1.94. The minimum atomic E-state index is 0.600. The van der Waals surface area contributed by atoms with Gasteiger partial charge in [0.1, 0.15) is 11.3 Å². The van der Waals surface area contributed by atoms with E-state index in [0.29, 0.717) is 10.8 Å². The smallest absolute Gasteiger partial charge is 0.148 e. The first-order valence-electron chi connectivity index (χ1n) is 6.01. The molecule has 0 unspecified atom stereocenters. The second-order valence-electron chi connectivity index (χ2n) is 4.57. The maximum atomic E-state index is 6.08. The molecular weight excluding hydrogens is 260 g/mol. The van der Waals surface area contributed by atoms with Crippen LogP contribution in [0.5, 0.6) is 5.75 Å². The van der Waals surface area contributed by atoms with Gasteiger partial charge < -0.3 is 4.74 Å². The Morgan fingerprint density at radius 3 is 2.47 bits per heavy atom. The molecule has 0 amide bonds. The van der Waals surface area contributed by atoms with Crippen molar-refractivity contribution in [2.24, 2.45) is 0 Å². The van der Waals surface area contributed by atoms with Crippen LogP contribution in [0.25, 0.3) is 22.1 Å². The van der Waals surface area contributed by atoms with Crippen LogP contribution < -0.4 is 4.74 Å². The fraction of sp³-hybridized carbons (Fsp3) is 0.200. The van der Waals surface area contributed by atoms with Gasteiger partial charge in [0, 0.05) is 11.1 Å². The predicted octanol–water partition coefficient (Wildman–Crippen LogP) is 4.06. The number of methoxy groups -OCH3 is 1. The Labute approximate surface area is 116 Å². The Morgan fingerprint density at radius 1 is 1.00 bits per heavy atom. The average molecular weight is 273 g/mol. The number of aromatic nitrogens is 2. The molecule has 0 aliphatic rings. The summed E-state index contributed by atoms with van der Waals surface area (Å²) in [5.74, 6) is 0.648. The summed E-state index contributed by atoms with van der Waals surface area (Å²) in [7, 11) is 1.61. The first-order chi connectivity index (χ1) is 9.10. The molecule has 0 bridgehead atoms. The molecule has 19 heavy (non-hydrogen) atoms. The lowest BCUT2D eigenvalue weighted by atomic mass is 10.1. The van der Waals surface area contributed by atoms with Crippen molar-refractivity contribution >= 4 is 33.7 Å². The maximum Gasteiger partial charge on any atom is 0.148 e. The van der Waals surface area contributed by atoms with Gasteiger partial charge in [-0.1, -0.05) is 17.7 Å². The number of fused-ring (bicyclic) bond motifs is 2. The Balaban J connectivity index is 2.48. The van der Waals surface area contributed by atoms with Crippen LogP contribution in [0.2, 0.25) is 5.02 Å². The number of nitrogens with zero attached hydrogens (tertiary/aromatic N) is 2. The summed E-state index contributed by atoms with van der Waals surface area (Å²) in [5, 5.41) is 0.600. The number of halogens is 1. The summed E-state index contributed by atoms with van der Waals surface area (Å²) in [6, 6.07) is 7.61. The van der Waals surface area contributed by atoms with Gasteiger partial charge in [-0.05, 0) is 37.1 Å². The monoisotopic (exact) mass is 272 g/mol. The molecule has 0 atom stereocenters. The number of rotatable bonds is 1. The molecule has 0 spiro atoms. The Hall–Kier alpha value is -1.87. The van der Waals surface area contributed by atoms with E-state index in [4.69, 9.17) is 16.3 Å². The second kappa shape index (κ2) is 4.35. The zero-order valence-corrected chi connectivity index (χ0v) is 11.7. The Bertz CT molecular complexity index is 799. The van der Waals surface area contributed by atoms with Crippen molar-refractivity contribution < 1.29 is 4.74 Å². The summed E-state index contributed by atoms with van der Waals surface area (Å²) in [6.45, 7) is 4.12. The first-order valence-corrected chi connectivity index (χ1v) is 6.39. The maximum absolute atomic E-state index is 6.08. The molecule has 1 aromatic heterocycles. The zero-order valence-electron chi connectivity index (χ0n) is 11.0. The van der Waals surface area contributed by atoms with E-state index in [2.05, 4.69) is 29.9 Å². The SMILES string of the molecule is COc1cc(Cl)cc2nc3c(C)c(C)ccc3nc12. The standard InChI is InChI=1S/C15H13ClN2O/c1-8-4-5-11-14(9(8)2)18-12-6-10(16)7-13(19-3)15(12)17-11/h4-7H,1-3H3. The minimum Gasteiger partial charge on any atom is -0.494 e. The highest BCUT2D eigenvalue weighted by Gasteiger charge is 2.10. The van der Waals surface area contributed by atoms with Gasteiger partial charge in [0.2, 0.25) is 0 Å². The molecule has 3 nitrogen and oxygen atoms in total. The van der Waals surface area contributed by atoms with Crippen LogP contribution in [-0.4, -0.2) is 17.1 Å². The number of ether oxygens (including phenoxy) is 1. The normalized spacial score (nSPS) is 11.2. The fourth-order valence-corrected chi connectivity index (χ4v) is 2.38. The van der Waals surface area contributed by atoms with Gasteiger partial charge in [-0.2, -0.15) is 0 Å². The van der Waals surface area contributed by atoms with Crippen LogP contribution in [0, 0.1) is 13.8 Å². The highest BCUT2D eigenvalue weighted by molar-refractivity contribution is 6.31. The highest BCUT2D eigenvalue weighted by atomic mass is 35.5. The van der Waals surface area contributed by atoms with Gasteiger partial charge >= 0.3 is 0 Å². The van der Waals surface area contributed by atoms with Gasteiger partial charge in [0.15, 0.2) is 0 Å². The van der Waals surface area contributed by atoms with Crippen molar-refractivity contribution in [1.29, 1.82) is 0 Å². The third-order valence-corrected chi connectivity index (χ3v) is 3.60. The van der Waals surface area contributed by atoms with E-state index >= 15 is 0 Å². The molecule has 0 saturated heterocycles. The van der Waals surface area contributed by atoms with Crippen LogP contribution >= 0.6 is 11.6 Å². The topological polar surface area (TPSA) is 35.0 Å². The first kappa shape index (κ1) is 12.2. The largest absolute Gasteiger partial charge is 0.494 e. The second-order valence-corrected chi connectivity index (χ2v) is 5.01. The predicted molar refractivity (Wildman–Crippen MR) is 78.1 cm³/mol. The Morgan fingerprint density at radius 2 is 1.74 bits per heavy atom. The van der Waals surface area contributed by atoms with E-state index in [-0.39, 0.29) is 0 Å². The van der Waals surface area contributed by atoms with Crippen molar-refractivity contribution in [3.8, 4) is 5.75 Å². The van der Waals surface area contributed by atoms with Gasteiger partial charge in [0.25, 0.3) is 0 Å². The highest BCUT2D eigenvalue weighted by Crippen LogP contribution is 2.30. The van der Waals surface area contributed by atoms with Gasteiger partial charge in [0.05, 0.1) is 23.7 Å². The van der Waals surface area contributed by atoms with E-state index in [1.54, 1.807) is 13.2 Å². The molecule has 0 fully saturated rings. The number of aryl methyl sites for hydroxylation is 2. The minimum absolute atomic E-state index is 0.600. The summed E-state index contributed by atoms with van der Waals surface area (Å²) >= 11 is 6.08. The molecule has 0 aliphatic carbocycles. The van der Waals surface area contributed by atoms with E-state index in [0.717, 1.165) is 27.6 Å². The quantitative estimate of drug-likeness (QED) is 0.627. The summed E-state index contributed by atoms with van der Waals surface area (Å²) in [4.78, 5) is 9.33. The molecule has 2 aromatic carbocycles. The Kier molecular flexibility index (Phi) is 2.79. The van der Waals surface area contributed by atoms with E-state index in [9.17, 15) is 0 Å². The summed E-state index contributed by atoms with van der Waals surface area (Å²) in [6.07, 6.45) is 0. The molecule has 4 heteroatoms. The lowest BCUT2D eigenvalue weighted by Gasteiger charge is -2.09. The molecule has 0 saturated carbocycles.